The highest BCUT2D eigenvalue weighted by Crippen LogP contribution is 2.25. The van der Waals surface area contributed by atoms with Crippen molar-refractivity contribution in [2.45, 2.75) is 39.7 Å². The largest absolute Gasteiger partial charge is 0.454 e. The highest BCUT2D eigenvalue weighted by atomic mass is 19.3. The smallest absolute Gasteiger partial charge is 0.286 e. The summed E-state index contributed by atoms with van der Waals surface area (Å²) < 4.78 is 57.6. The van der Waals surface area contributed by atoms with E-state index in [9.17, 15) is 22.4 Å². The topological polar surface area (TPSA) is 63.3 Å². The summed E-state index contributed by atoms with van der Waals surface area (Å²) in [5, 5.41) is 6.22. The van der Waals surface area contributed by atoms with Crippen LogP contribution in [0.2, 0.25) is 0 Å². The van der Waals surface area contributed by atoms with E-state index in [1.807, 2.05) is 0 Å². The van der Waals surface area contributed by atoms with Crippen molar-refractivity contribution in [2.75, 3.05) is 26.2 Å². The van der Waals surface area contributed by atoms with Crippen LogP contribution in [-0.4, -0.2) is 46.8 Å². The van der Waals surface area contributed by atoms with Crippen LogP contribution in [0.25, 0.3) is 0 Å². The molecule has 0 unspecified atom stereocenters. The molecule has 0 saturated heterocycles. The number of furan rings is 1. The molecule has 0 fully saturated rings. The summed E-state index contributed by atoms with van der Waals surface area (Å²) in [7, 11) is 0. The molecule has 2 heterocycles. The van der Waals surface area contributed by atoms with Crippen LogP contribution in [0.5, 0.6) is 0 Å². The van der Waals surface area contributed by atoms with Gasteiger partial charge in [-0.05, 0) is 44.3 Å². The van der Waals surface area contributed by atoms with Crippen molar-refractivity contribution in [3.8, 4) is 0 Å². The van der Waals surface area contributed by atoms with Crippen LogP contribution < -0.4 is 5.32 Å². The maximum atomic E-state index is 13.0. The Labute approximate surface area is 160 Å². The quantitative estimate of drug-likeness (QED) is 0.456. The van der Waals surface area contributed by atoms with Crippen molar-refractivity contribution in [1.29, 1.82) is 0 Å². The van der Waals surface area contributed by atoms with Gasteiger partial charge < -0.3 is 14.6 Å². The maximum absolute atomic E-state index is 13.0. The lowest BCUT2D eigenvalue weighted by Crippen LogP contribution is -2.29. The van der Waals surface area contributed by atoms with Crippen LogP contribution in [0.4, 0.5) is 17.6 Å². The van der Waals surface area contributed by atoms with Gasteiger partial charge in [0.25, 0.3) is 18.8 Å². The van der Waals surface area contributed by atoms with Crippen molar-refractivity contribution < 1.29 is 26.8 Å². The van der Waals surface area contributed by atoms with Crippen molar-refractivity contribution in [1.82, 2.24) is 20.0 Å². The summed E-state index contributed by atoms with van der Waals surface area (Å²) in [5.74, 6) is -0.231. The van der Waals surface area contributed by atoms with E-state index in [1.165, 1.54) is 12.1 Å². The fourth-order valence-corrected chi connectivity index (χ4v) is 2.73. The van der Waals surface area contributed by atoms with Crippen LogP contribution >= 0.6 is 0 Å². The molecule has 0 radical (unpaired) electrons. The normalized spacial score (nSPS) is 11.8. The molecule has 0 aromatic carbocycles. The predicted molar refractivity (Wildman–Crippen MR) is 94.7 cm³/mol. The summed E-state index contributed by atoms with van der Waals surface area (Å²) in [4.78, 5) is 14.3. The first kappa shape index (κ1) is 21.9. The van der Waals surface area contributed by atoms with E-state index in [-0.39, 0.29) is 18.1 Å². The van der Waals surface area contributed by atoms with E-state index < -0.39 is 30.1 Å². The highest BCUT2D eigenvalue weighted by Gasteiger charge is 2.22. The second-order valence-corrected chi connectivity index (χ2v) is 6.16. The van der Waals surface area contributed by atoms with E-state index in [4.69, 9.17) is 4.42 Å². The number of carbonyl (C=O) groups is 1. The summed E-state index contributed by atoms with van der Waals surface area (Å²) in [6.07, 6.45) is -5.13. The fraction of sp³-hybridized carbons (Fsp3) is 0.556. The predicted octanol–water partition coefficient (Wildman–Crippen LogP) is 3.86. The Hall–Kier alpha value is -2.36. The minimum Gasteiger partial charge on any atom is -0.454 e. The first-order chi connectivity index (χ1) is 13.3. The van der Waals surface area contributed by atoms with Crippen LogP contribution in [-0.2, 0) is 6.54 Å². The fourth-order valence-electron chi connectivity index (χ4n) is 2.73. The van der Waals surface area contributed by atoms with Crippen molar-refractivity contribution in [2.24, 2.45) is 0 Å². The minimum atomic E-state index is -2.96. The zero-order valence-corrected chi connectivity index (χ0v) is 15.8. The lowest BCUT2D eigenvalue weighted by molar-refractivity contribution is 0.0921. The van der Waals surface area contributed by atoms with Crippen LogP contribution in [0.1, 0.15) is 60.8 Å². The van der Waals surface area contributed by atoms with Gasteiger partial charge in [0, 0.05) is 6.54 Å². The summed E-state index contributed by atoms with van der Waals surface area (Å²) in [5.41, 5.74) is -1.36. The number of nitrogens with one attached hydrogen (secondary N) is 1. The van der Waals surface area contributed by atoms with Gasteiger partial charge in [0.05, 0.1) is 6.54 Å². The van der Waals surface area contributed by atoms with Gasteiger partial charge in [-0.1, -0.05) is 13.8 Å². The Morgan fingerprint density at radius 2 is 1.93 bits per heavy atom. The highest BCUT2D eigenvalue weighted by molar-refractivity contribution is 5.91. The number of alkyl halides is 4. The number of nitrogens with zero attached hydrogens (tertiary/aromatic N) is 3. The van der Waals surface area contributed by atoms with Gasteiger partial charge in [0.1, 0.15) is 17.1 Å². The number of aromatic nitrogens is 2. The third-order valence-electron chi connectivity index (χ3n) is 4.30. The van der Waals surface area contributed by atoms with Gasteiger partial charge in [0.2, 0.25) is 0 Å². The van der Waals surface area contributed by atoms with E-state index in [2.05, 4.69) is 29.2 Å². The molecule has 0 atom stereocenters. The van der Waals surface area contributed by atoms with Crippen molar-refractivity contribution in [3.05, 3.63) is 41.1 Å². The van der Waals surface area contributed by atoms with Crippen LogP contribution in [0.3, 0.4) is 0 Å². The van der Waals surface area contributed by atoms with Gasteiger partial charge in [-0.25, -0.2) is 17.6 Å². The Morgan fingerprint density at radius 3 is 2.54 bits per heavy atom. The average molecular weight is 404 g/mol. The van der Waals surface area contributed by atoms with Crippen LogP contribution in [0, 0.1) is 0 Å². The standard InChI is InChI=1S/C18H24F4N4O2/c1-3-25(4-2)9-5-8-23-18(27)15-7-6-12(28-15)11-26-14(17(21)22)10-13(24-26)16(19)20/h6-7,10,16-17H,3-5,8-9,11H2,1-2H3,(H,23,27). The van der Waals surface area contributed by atoms with Crippen LogP contribution in [0.15, 0.2) is 22.6 Å². The van der Waals surface area contributed by atoms with Gasteiger partial charge in [0.15, 0.2) is 5.76 Å². The Balaban J connectivity index is 1.94. The van der Waals surface area contributed by atoms with Gasteiger partial charge in [-0.2, -0.15) is 5.10 Å². The third-order valence-corrected chi connectivity index (χ3v) is 4.30. The second-order valence-electron chi connectivity index (χ2n) is 6.16. The van der Waals surface area contributed by atoms with Crippen molar-refractivity contribution in [3.63, 3.8) is 0 Å². The number of hydrogen-bond acceptors (Lipinski definition) is 4. The monoisotopic (exact) mass is 404 g/mol. The minimum absolute atomic E-state index is 0.0256. The molecule has 6 nitrogen and oxygen atoms in total. The SMILES string of the molecule is CCN(CC)CCCNC(=O)c1ccc(Cn2nc(C(F)F)cc2C(F)F)o1. The molecule has 0 spiro atoms. The molecule has 0 bridgehead atoms. The molecule has 0 aliphatic heterocycles. The van der Waals surface area contributed by atoms with E-state index in [1.54, 1.807) is 0 Å². The lowest BCUT2D eigenvalue weighted by atomic mass is 10.3. The number of carbonyl (C=O) groups excluding carboxylic acids is 1. The third kappa shape index (κ3) is 5.82. The first-order valence-electron chi connectivity index (χ1n) is 9.08. The molecule has 1 N–H and O–H groups in total. The molecule has 2 aromatic heterocycles. The summed E-state index contributed by atoms with van der Waals surface area (Å²) in [6.45, 7) is 7.06. The molecule has 28 heavy (non-hydrogen) atoms. The molecule has 2 rings (SSSR count). The maximum Gasteiger partial charge on any atom is 0.286 e. The van der Waals surface area contributed by atoms with Gasteiger partial charge in [-0.15, -0.1) is 0 Å². The molecule has 0 aliphatic carbocycles. The average Bonchev–Trinajstić information content (AvgIpc) is 3.29. The van der Waals surface area contributed by atoms with Crippen molar-refractivity contribution >= 4 is 5.91 Å². The molecule has 10 heteroatoms. The zero-order chi connectivity index (χ0) is 20.7. The number of hydrogen-bond donors (Lipinski definition) is 1. The first-order valence-corrected chi connectivity index (χ1v) is 9.08. The van der Waals surface area contributed by atoms with E-state index in [0.29, 0.717) is 12.6 Å². The number of halogens is 4. The molecule has 1 amide bonds. The lowest BCUT2D eigenvalue weighted by Gasteiger charge is -2.17. The van der Waals surface area contributed by atoms with Gasteiger partial charge >= 0.3 is 0 Å². The molecular weight excluding hydrogens is 380 g/mol. The molecule has 2 aromatic rings. The Kier molecular flexibility index (Phi) is 8.04. The van der Waals surface area contributed by atoms with Gasteiger partial charge in [-0.3, -0.25) is 9.48 Å². The summed E-state index contributed by atoms with van der Waals surface area (Å²) in [6, 6.07) is 3.51. The molecule has 0 saturated carbocycles. The number of rotatable bonds is 11. The molecule has 0 aliphatic rings. The Morgan fingerprint density at radius 1 is 1.21 bits per heavy atom. The van der Waals surface area contributed by atoms with E-state index >= 15 is 0 Å². The Bertz CT molecular complexity index is 757. The summed E-state index contributed by atoms with van der Waals surface area (Å²) >= 11 is 0. The number of amides is 1. The zero-order valence-electron chi connectivity index (χ0n) is 15.8. The molecule has 156 valence electrons. The second kappa shape index (κ2) is 10.3. The molecular formula is C18H24F4N4O2. The van der Waals surface area contributed by atoms with E-state index in [0.717, 1.165) is 30.7 Å².